The Morgan fingerprint density at radius 3 is 2.57 bits per heavy atom. The Hall–Kier alpha value is -1.52. The summed E-state index contributed by atoms with van der Waals surface area (Å²) in [5.74, 6) is 1.56. The maximum absolute atomic E-state index is 5.84. The van der Waals surface area contributed by atoms with Crippen molar-refractivity contribution in [3.63, 3.8) is 0 Å². The molecule has 3 nitrogen and oxygen atoms in total. The molecule has 0 saturated carbocycles. The second-order valence-electron chi connectivity index (χ2n) is 5.96. The predicted octanol–water partition coefficient (Wildman–Crippen LogP) is 4.22. The molecule has 2 aromatic rings. The van der Waals surface area contributed by atoms with Gasteiger partial charge in [0.25, 0.3) is 0 Å². The topological polar surface area (TPSA) is 30.5 Å². The number of rotatable bonds is 6. The highest BCUT2D eigenvalue weighted by molar-refractivity contribution is 7.09. The molecule has 0 aliphatic rings. The van der Waals surface area contributed by atoms with Crippen LogP contribution in [0.2, 0.25) is 0 Å². The molecule has 1 aromatic heterocycles. The van der Waals surface area contributed by atoms with Gasteiger partial charge in [-0.25, -0.2) is 0 Å². The van der Waals surface area contributed by atoms with Gasteiger partial charge < -0.3 is 14.8 Å². The van der Waals surface area contributed by atoms with Gasteiger partial charge in [-0.1, -0.05) is 12.1 Å². The Bertz CT molecular complexity index is 559. The number of hydrogen-bond acceptors (Lipinski definition) is 4. The van der Waals surface area contributed by atoms with E-state index in [1.165, 1.54) is 10.4 Å². The highest BCUT2D eigenvalue weighted by Crippen LogP contribution is 2.29. The van der Waals surface area contributed by atoms with Crippen molar-refractivity contribution >= 4 is 11.3 Å². The van der Waals surface area contributed by atoms with Crippen LogP contribution < -0.4 is 14.8 Å². The van der Waals surface area contributed by atoms with Crippen molar-refractivity contribution < 1.29 is 9.47 Å². The lowest BCUT2D eigenvalue weighted by molar-refractivity contribution is 0.287. The molecule has 0 bridgehead atoms. The summed E-state index contributed by atoms with van der Waals surface area (Å²) in [6.07, 6.45) is 0. The summed E-state index contributed by atoms with van der Waals surface area (Å²) in [4.78, 5) is 1.20. The van der Waals surface area contributed by atoms with Crippen LogP contribution >= 0.6 is 11.3 Å². The zero-order chi connectivity index (χ0) is 15.3. The number of nitrogens with one attached hydrogen (secondary N) is 1. The van der Waals surface area contributed by atoms with Crippen molar-refractivity contribution in [3.8, 4) is 11.5 Å². The van der Waals surface area contributed by atoms with E-state index >= 15 is 0 Å². The largest absolute Gasteiger partial charge is 0.493 e. The number of methoxy groups -OCH3 is 1. The minimum Gasteiger partial charge on any atom is -0.493 e. The molecule has 0 radical (unpaired) electrons. The molecule has 0 spiro atoms. The lowest BCUT2D eigenvalue weighted by atomic mass is 10.1. The summed E-state index contributed by atoms with van der Waals surface area (Å²) in [5.41, 5.74) is 1.28. The van der Waals surface area contributed by atoms with Crippen molar-refractivity contribution in [3.05, 3.63) is 46.2 Å². The zero-order valence-electron chi connectivity index (χ0n) is 13.1. The number of hydrogen-bond donors (Lipinski definition) is 1. The SMILES string of the molecule is COc1cc(CNC(C)(C)C)ccc1OCc1cccs1. The number of ether oxygens (including phenoxy) is 2. The van der Waals surface area contributed by atoms with E-state index in [0.29, 0.717) is 6.61 Å². The Labute approximate surface area is 130 Å². The fraction of sp³-hybridized carbons (Fsp3) is 0.412. The normalized spacial score (nSPS) is 11.4. The third kappa shape index (κ3) is 5.06. The molecule has 21 heavy (non-hydrogen) atoms. The highest BCUT2D eigenvalue weighted by Gasteiger charge is 2.10. The Morgan fingerprint density at radius 2 is 1.95 bits per heavy atom. The first-order chi connectivity index (χ1) is 9.98. The summed E-state index contributed by atoms with van der Waals surface area (Å²) >= 11 is 1.69. The van der Waals surface area contributed by atoms with Crippen LogP contribution in [-0.2, 0) is 13.2 Å². The van der Waals surface area contributed by atoms with Crippen molar-refractivity contribution in [2.45, 2.75) is 39.5 Å². The molecular formula is C17H23NO2S. The summed E-state index contributed by atoms with van der Waals surface area (Å²) < 4.78 is 11.3. The van der Waals surface area contributed by atoms with Crippen LogP contribution in [0.4, 0.5) is 0 Å². The second kappa shape index (κ2) is 6.96. The summed E-state index contributed by atoms with van der Waals surface area (Å²) in [5, 5.41) is 5.52. The van der Waals surface area contributed by atoms with Gasteiger partial charge in [0.05, 0.1) is 7.11 Å². The van der Waals surface area contributed by atoms with E-state index in [4.69, 9.17) is 9.47 Å². The van der Waals surface area contributed by atoms with Crippen LogP contribution in [0, 0.1) is 0 Å². The summed E-state index contributed by atoms with van der Waals surface area (Å²) in [7, 11) is 1.67. The molecule has 0 fully saturated rings. The molecule has 114 valence electrons. The van der Waals surface area contributed by atoms with Crippen LogP contribution in [0.25, 0.3) is 0 Å². The zero-order valence-corrected chi connectivity index (χ0v) is 13.9. The minimum absolute atomic E-state index is 0.0988. The van der Waals surface area contributed by atoms with Gasteiger partial charge in [0, 0.05) is 17.0 Å². The van der Waals surface area contributed by atoms with Gasteiger partial charge in [-0.2, -0.15) is 0 Å². The third-order valence-electron chi connectivity index (χ3n) is 3.00. The van der Waals surface area contributed by atoms with E-state index in [1.54, 1.807) is 18.4 Å². The van der Waals surface area contributed by atoms with Crippen molar-refractivity contribution in [2.24, 2.45) is 0 Å². The average Bonchev–Trinajstić information content (AvgIpc) is 2.95. The van der Waals surface area contributed by atoms with Crippen LogP contribution in [-0.4, -0.2) is 12.6 Å². The van der Waals surface area contributed by atoms with Gasteiger partial charge in [-0.05, 0) is 49.9 Å². The summed E-state index contributed by atoms with van der Waals surface area (Å²) in [6, 6.07) is 10.2. The first-order valence-electron chi connectivity index (χ1n) is 7.05. The maximum atomic E-state index is 5.84. The van der Waals surface area contributed by atoms with Gasteiger partial charge in [-0.15, -0.1) is 11.3 Å². The van der Waals surface area contributed by atoms with Crippen molar-refractivity contribution in [1.29, 1.82) is 0 Å². The van der Waals surface area contributed by atoms with Crippen molar-refractivity contribution in [1.82, 2.24) is 5.32 Å². The van der Waals surface area contributed by atoms with Crippen molar-refractivity contribution in [2.75, 3.05) is 7.11 Å². The van der Waals surface area contributed by atoms with E-state index < -0.39 is 0 Å². The molecule has 4 heteroatoms. The molecule has 0 atom stereocenters. The standard InChI is InChI=1S/C17H23NO2S/c1-17(2,3)18-11-13-7-8-15(16(10-13)19-4)20-12-14-6-5-9-21-14/h5-10,18H,11-12H2,1-4H3. The van der Waals surface area contributed by atoms with E-state index in [-0.39, 0.29) is 5.54 Å². The van der Waals surface area contributed by atoms with Gasteiger partial charge in [0.2, 0.25) is 0 Å². The molecule has 0 saturated heterocycles. The van der Waals surface area contributed by atoms with Gasteiger partial charge in [0.1, 0.15) is 6.61 Å². The fourth-order valence-corrected chi connectivity index (χ4v) is 2.47. The predicted molar refractivity (Wildman–Crippen MR) is 88.2 cm³/mol. The highest BCUT2D eigenvalue weighted by atomic mass is 32.1. The molecule has 0 unspecified atom stereocenters. The average molecular weight is 305 g/mol. The number of thiophene rings is 1. The monoisotopic (exact) mass is 305 g/mol. The van der Waals surface area contributed by atoms with E-state index in [9.17, 15) is 0 Å². The first kappa shape index (κ1) is 15.9. The fourth-order valence-electron chi connectivity index (χ4n) is 1.85. The quantitative estimate of drug-likeness (QED) is 0.866. The van der Waals surface area contributed by atoms with E-state index in [0.717, 1.165) is 18.0 Å². The Kier molecular flexibility index (Phi) is 5.26. The van der Waals surface area contributed by atoms with E-state index in [1.807, 2.05) is 18.2 Å². The third-order valence-corrected chi connectivity index (χ3v) is 3.85. The Morgan fingerprint density at radius 1 is 1.14 bits per heavy atom. The number of benzene rings is 1. The molecule has 1 aromatic carbocycles. The van der Waals surface area contributed by atoms with Crippen LogP contribution in [0.3, 0.4) is 0 Å². The smallest absolute Gasteiger partial charge is 0.161 e. The van der Waals surface area contributed by atoms with Crippen LogP contribution in [0.1, 0.15) is 31.2 Å². The lowest BCUT2D eigenvalue weighted by Crippen LogP contribution is -2.35. The maximum Gasteiger partial charge on any atom is 0.161 e. The van der Waals surface area contributed by atoms with Crippen LogP contribution in [0.5, 0.6) is 11.5 Å². The molecule has 2 rings (SSSR count). The van der Waals surface area contributed by atoms with Gasteiger partial charge in [0.15, 0.2) is 11.5 Å². The van der Waals surface area contributed by atoms with Gasteiger partial charge >= 0.3 is 0 Å². The van der Waals surface area contributed by atoms with Crippen LogP contribution in [0.15, 0.2) is 35.7 Å². The molecule has 0 aliphatic carbocycles. The van der Waals surface area contributed by atoms with E-state index in [2.05, 4.69) is 43.6 Å². The minimum atomic E-state index is 0.0988. The lowest BCUT2D eigenvalue weighted by Gasteiger charge is -2.21. The second-order valence-corrected chi connectivity index (χ2v) is 6.99. The molecule has 1 heterocycles. The Balaban J connectivity index is 2.02. The molecule has 1 N–H and O–H groups in total. The molecular weight excluding hydrogens is 282 g/mol. The molecule has 0 aliphatic heterocycles. The first-order valence-corrected chi connectivity index (χ1v) is 7.93. The molecule has 0 amide bonds. The summed E-state index contributed by atoms with van der Waals surface area (Å²) in [6.45, 7) is 7.85. The van der Waals surface area contributed by atoms with Gasteiger partial charge in [-0.3, -0.25) is 0 Å².